The highest BCUT2D eigenvalue weighted by molar-refractivity contribution is 5.90. The Hall–Kier alpha value is -1.62. The molecule has 1 aromatic carbocycles. The van der Waals surface area contributed by atoms with E-state index in [2.05, 4.69) is 0 Å². The summed E-state index contributed by atoms with van der Waals surface area (Å²) in [6, 6.07) is 3.78. The second-order valence-electron chi connectivity index (χ2n) is 6.03. The zero-order chi connectivity index (χ0) is 14.9. The number of nitrogens with two attached hydrogens (primary N) is 1. The summed E-state index contributed by atoms with van der Waals surface area (Å²) in [5.41, 5.74) is 5.84. The Morgan fingerprint density at radius 3 is 2.81 bits per heavy atom. The predicted molar refractivity (Wildman–Crippen MR) is 76.4 cm³/mol. The Morgan fingerprint density at radius 2 is 2.10 bits per heavy atom. The summed E-state index contributed by atoms with van der Waals surface area (Å²) in [6.45, 7) is 0.614. The molecule has 2 fully saturated rings. The SMILES string of the molecule is Nc1cc(F)cc(C(=O)OC2CCOC3(CCCC3)C2)c1. The standard InChI is InChI=1S/C16H20FNO3/c17-12-7-11(8-13(18)9-12)15(19)21-14-3-6-20-16(10-14)4-1-2-5-16/h7-9,14H,1-6,10,18H2. The fraction of sp³-hybridized carbons (Fsp3) is 0.562. The van der Waals surface area contributed by atoms with Crippen molar-refractivity contribution in [1.82, 2.24) is 0 Å². The van der Waals surface area contributed by atoms with Crippen LogP contribution in [-0.4, -0.2) is 24.3 Å². The highest BCUT2D eigenvalue weighted by Crippen LogP contribution is 2.40. The van der Waals surface area contributed by atoms with Crippen LogP contribution >= 0.6 is 0 Å². The maximum absolute atomic E-state index is 13.3. The first-order valence-electron chi connectivity index (χ1n) is 7.47. The number of ether oxygens (including phenoxy) is 2. The van der Waals surface area contributed by atoms with Crippen LogP contribution in [0.25, 0.3) is 0 Å². The molecule has 3 rings (SSSR count). The second kappa shape index (κ2) is 5.64. The zero-order valence-electron chi connectivity index (χ0n) is 11.9. The van der Waals surface area contributed by atoms with Gasteiger partial charge in [-0.05, 0) is 31.0 Å². The van der Waals surface area contributed by atoms with Crippen molar-refractivity contribution in [1.29, 1.82) is 0 Å². The van der Waals surface area contributed by atoms with Gasteiger partial charge in [0, 0.05) is 18.5 Å². The van der Waals surface area contributed by atoms with Gasteiger partial charge in [-0.25, -0.2) is 9.18 Å². The molecule has 21 heavy (non-hydrogen) atoms. The van der Waals surface area contributed by atoms with E-state index in [0.717, 1.165) is 25.3 Å². The van der Waals surface area contributed by atoms with Crippen LogP contribution in [0, 0.1) is 5.82 Å². The number of esters is 1. The lowest BCUT2D eigenvalue weighted by Crippen LogP contribution is -2.41. The number of carbonyl (C=O) groups excluding carboxylic acids is 1. The van der Waals surface area contributed by atoms with E-state index in [1.54, 1.807) is 0 Å². The molecule has 0 amide bonds. The van der Waals surface area contributed by atoms with E-state index >= 15 is 0 Å². The topological polar surface area (TPSA) is 61.6 Å². The van der Waals surface area contributed by atoms with Gasteiger partial charge in [-0.1, -0.05) is 12.8 Å². The fourth-order valence-electron chi connectivity index (χ4n) is 3.40. The Morgan fingerprint density at radius 1 is 1.33 bits per heavy atom. The monoisotopic (exact) mass is 293 g/mol. The largest absolute Gasteiger partial charge is 0.459 e. The molecule has 1 aromatic rings. The van der Waals surface area contributed by atoms with Crippen molar-refractivity contribution < 1.29 is 18.7 Å². The second-order valence-corrected chi connectivity index (χ2v) is 6.03. The van der Waals surface area contributed by atoms with Gasteiger partial charge in [0.25, 0.3) is 0 Å². The third kappa shape index (κ3) is 3.18. The molecule has 4 nitrogen and oxygen atoms in total. The van der Waals surface area contributed by atoms with E-state index in [4.69, 9.17) is 15.2 Å². The third-order valence-electron chi connectivity index (χ3n) is 4.39. The Balaban J connectivity index is 1.66. The van der Waals surface area contributed by atoms with Gasteiger partial charge in [0.15, 0.2) is 0 Å². The minimum atomic E-state index is -0.527. The highest BCUT2D eigenvalue weighted by atomic mass is 19.1. The number of hydrogen-bond acceptors (Lipinski definition) is 4. The summed E-state index contributed by atoms with van der Waals surface area (Å²) in [7, 11) is 0. The lowest BCUT2D eigenvalue weighted by Gasteiger charge is -2.37. The number of rotatable bonds is 2. The summed E-state index contributed by atoms with van der Waals surface area (Å²) < 4.78 is 24.7. The molecule has 1 aliphatic heterocycles. The van der Waals surface area contributed by atoms with E-state index in [-0.39, 0.29) is 23.0 Å². The molecule has 1 saturated heterocycles. The first-order chi connectivity index (χ1) is 10.1. The number of anilines is 1. The fourth-order valence-corrected chi connectivity index (χ4v) is 3.40. The minimum Gasteiger partial charge on any atom is -0.459 e. The van der Waals surface area contributed by atoms with Crippen LogP contribution in [0.5, 0.6) is 0 Å². The molecule has 1 spiro atoms. The van der Waals surface area contributed by atoms with Crippen LogP contribution in [0.15, 0.2) is 18.2 Å². The number of carbonyl (C=O) groups is 1. The van der Waals surface area contributed by atoms with Crippen molar-refractivity contribution in [3.8, 4) is 0 Å². The average Bonchev–Trinajstić information content (AvgIpc) is 2.85. The first kappa shape index (κ1) is 14.3. The molecule has 1 aliphatic carbocycles. The van der Waals surface area contributed by atoms with Gasteiger partial charge in [0.1, 0.15) is 11.9 Å². The van der Waals surface area contributed by atoms with Crippen LogP contribution in [0.2, 0.25) is 0 Å². The smallest absolute Gasteiger partial charge is 0.338 e. The molecular weight excluding hydrogens is 273 g/mol. The van der Waals surface area contributed by atoms with Gasteiger partial charge in [0.2, 0.25) is 0 Å². The summed E-state index contributed by atoms with van der Waals surface area (Å²) in [6.07, 6.45) is 5.68. The van der Waals surface area contributed by atoms with E-state index in [9.17, 15) is 9.18 Å². The number of benzene rings is 1. The molecule has 0 bridgehead atoms. The Kier molecular flexibility index (Phi) is 3.85. The van der Waals surface area contributed by atoms with Gasteiger partial charge in [-0.3, -0.25) is 0 Å². The molecule has 0 aromatic heterocycles. The highest BCUT2D eigenvalue weighted by Gasteiger charge is 2.41. The van der Waals surface area contributed by atoms with Crippen LogP contribution in [0.4, 0.5) is 10.1 Å². The molecular formula is C16H20FNO3. The van der Waals surface area contributed by atoms with Gasteiger partial charge < -0.3 is 15.2 Å². The van der Waals surface area contributed by atoms with E-state index in [1.807, 2.05) is 0 Å². The van der Waals surface area contributed by atoms with Crippen molar-refractivity contribution in [2.45, 2.75) is 50.2 Å². The van der Waals surface area contributed by atoms with Gasteiger partial charge >= 0.3 is 5.97 Å². The maximum atomic E-state index is 13.3. The van der Waals surface area contributed by atoms with Gasteiger partial charge in [-0.15, -0.1) is 0 Å². The number of hydrogen-bond donors (Lipinski definition) is 1. The first-order valence-corrected chi connectivity index (χ1v) is 7.47. The van der Waals surface area contributed by atoms with E-state index in [1.165, 1.54) is 25.0 Å². The molecule has 1 atom stereocenters. The molecule has 0 radical (unpaired) electrons. The van der Waals surface area contributed by atoms with Crippen molar-refractivity contribution in [2.75, 3.05) is 12.3 Å². The summed E-state index contributed by atoms with van der Waals surface area (Å²) in [5, 5.41) is 0. The van der Waals surface area contributed by atoms with Crippen LogP contribution in [0.1, 0.15) is 48.9 Å². The number of nitrogen functional groups attached to an aromatic ring is 1. The van der Waals surface area contributed by atoms with Crippen LogP contribution < -0.4 is 5.73 Å². The minimum absolute atomic E-state index is 0.107. The molecule has 2 N–H and O–H groups in total. The molecule has 1 saturated carbocycles. The molecule has 5 heteroatoms. The summed E-state index contributed by atoms with van der Waals surface area (Å²) >= 11 is 0. The lowest BCUT2D eigenvalue weighted by atomic mass is 9.90. The Labute approximate surface area is 123 Å². The van der Waals surface area contributed by atoms with Crippen molar-refractivity contribution in [3.63, 3.8) is 0 Å². The summed E-state index contributed by atoms with van der Waals surface area (Å²) in [4.78, 5) is 12.1. The molecule has 2 aliphatic rings. The zero-order valence-corrected chi connectivity index (χ0v) is 11.9. The predicted octanol–water partition coefficient (Wildman–Crippen LogP) is 3.06. The van der Waals surface area contributed by atoms with E-state index < -0.39 is 11.8 Å². The molecule has 1 unspecified atom stereocenters. The Bertz CT molecular complexity index is 520. The normalized spacial score (nSPS) is 24.1. The third-order valence-corrected chi connectivity index (χ3v) is 4.39. The molecule has 1 heterocycles. The van der Waals surface area contributed by atoms with Crippen LogP contribution in [0.3, 0.4) is 0 Å². The van der Waals surface area contributed by atoms with Crippen molar-refractivity contribution in [3.05, 3.63) is 29.6 Å². The van der Waals surface area contributed by atoms with Crippen LogP contribution in [-0.2, 0) is 9.47 Å². The van der Waals surface area contributed by atoms with E-state index in [0.29, 0.717) is 13.0 Å². The number of halogens is 1. The average molecular weight is 293 g/mol. The van der Waals surface area contributed by atoms with Crippen molar-refractivity contribution >= 4 is 11.7 Å². The van der Waals surface area contributed by atoms with Crippen molar-refractivity contribution in [2.24, 2.45) is 0 Å². The molecule has 114 valence electrons. The quantitative estimate of drug-likeness (QED) is 0.672. The van der Waals surface area contributed by atoms with Gasteiger partial charge in [0.05, 0.1) is 17.8 Å². The maximum Gasteiger partial charge on any atom is 0.338 e. The summed E-state index contributed by atoms with van der Waals surface area (Å²) in [5.74, 6) is -1.04. The lowest BCUT2D eigenvalue weighted by molar-refractivity contribution is -0.117. The van der Waals surface area contributed by atoms with Gasteiger partial charge in [-0.2, -0.15) is 0 Å².